The summed E-state index contributed by atoms with van der Waals surface area (Å²) in [5.41, 5.74) is 0.266. The number of imidazole rings is 1. The van der Waals surface area contributed by atoms with Crippen LogP contribution in [-0.4, -0.2) is 21.2 Å². The first-order valence-corrected chi connectivity index (χ1v) is 8.63. The van der Waals surface area contributed by atoms with Crippen LogP contribution in [0.4, 0.5) is 20.2 Å². The maximum absolute atomic E-state index is 13.9. The Morgan fingerprint density at radius 3 is 1.93 bits per heavy atom. The predicted octanol–water partition coefficient (Wildman–Crippen LogP) is 4.12. The number of hydrogen-bond donors (Lipinski definition) is 2. The number of carbonyl (C=O) groups is 2. The van der Waals surface area contributed by atoms with E-state index in [0.717, 1.165) is 0 Å². The Balaban J connectivity index is 1.70. The summed E-state index contributed by atoms with van der Waals surface area (Å²) >= 11 is 0. The molecule has 0 aliphatic carbocycles. The van der Waals surface area contributed by atoms with E-state index in [-0.39, 0.29) is 22.9 Å². The number of hydrogen-bond acceptors (Lipinski definition) is 3. The number of halogens is 2. The van der Waals surface area contributed by atoms with Crippen molar-refractivity contribution < 1.29 is 18.4 Å². The summed E-state index contributed by atoms with van der Waals surface area (Å²) in [7, 11) is 0. The topological polar surface area (TPSA) is 75.5 Å². The quantitative estimate of drug-likeness (QED) is 0.549. The van der Waals surface area contributed by atoms with E-state index in [9.17, 15) is 18.4 Å². The molecule has 6 nitrogen and oxygen atoms in total. The molecular weight excluding hydrogens is 378 g/mol. The first-order valence-electron chi connectivity index (χ1n) is 8.63. The second-order valence-electron chi connectivity index (χ2n) is 6.11. The summed E-state index contributed by atoms with van der Waals surface area (Å²) in [4.78, 5) is 29.5. The van der Waals surface area contributed by atoms with Gasteiger partial charge in [0.25, 0.3) is 11.8 Å². The van der Waals surface area contributed by atoms with Crippen molar-refractivity contribution in [2.75, 3.05) is 10.6 Å². The number of amides is 2. The fourth-order valence-electron chi connectivity index (χ4n) is 2.85. The lowest BCUT2D eigenvalue weighted by atomic mass is 10.2. The molecule has 0 saturated carbocycles. The third kappa shape index (κ3) is 3.55. The molecule has 4 aromatic rings. The van der Waals surface area contributed by atoms with Crippen LogP contribution in [0.1, 0.15) is 21.1 Å². The van der Waals surface area contributed by atoms with Crippen LogP contribution in [0.2, 0.25) is 0 Å². The molecule has 0 saturated heterocycles. The highest BCUT2D eigenvalue weighted by molar-refractivity contribution is 6.10. The van der Waals surface area contributed by atoms with Gasteiger partial charge in [0.1, 0.15) is 11.6 Å². The highest BCUT2D eigenvalue weighted by Crippen LogP contribution is 2.19. The van der Waals surface area contributed by atoms with Crippen LogP contribution >= 0.6 is 0 Å². The Morgan fingerprint density at radius 2 is 1.31 bits per heavy atom. The zero-order valence-corrected chi connectivity index (χ0v) is 14.9. The molecule has 2 aromatic heterocycles. The normalized spacial score (nSPS) is 10.7. The van der Waals surface area contributed by atoms with E-state index in [1.165, 1.54) is 40.8 Å². The minimum Gasteiger partial charge on any atom is -0.318 e. The lowest BCUT2D eigenvalue weighted by molar-refractivity contribution is 0.101. The minimum atomic E-state index is -0.693. The molecule has 0 aliphatic heterocycles. The minimum absolute atomic E-state index is 0.00746. The Hall–Kier alpha value is -4.07. The predicted molar refractivity (Wildman–Crippen MR) is 104 cm³/mol. The Labute approximate surface area is 163 Å². The first-order chi connectivity index (χ1) is 14.0. The molecule has 2 heterocycles. The average Bonchev–Trinajstić information content (AvgIpc) is 3.11. The van der Waals surface area contributed by atoms with E-state index in [1.807, 2.05) is 0 Å². The molecule has 4 rings (SSSR count). The molecule has 0 fully saturated rings. The molecule has 0 aliphatic rings. The van der Waals surface area contributed by atoms with Crippen LogP contribution in [-0.2, 0) is 0 Å². The molecule has 2 amide bonds. The van der Waals surface area contributed by atoms with Gasteiger partial charge >= 0.3 is 0 Å². The van der Waals surface area contributed by atoms with Gasteiger partial charge in [-0.25, -0.2) is 13.8 Å². The van der Waals surface area contributed by atoms with E-state index in [0.29, 0.717) is 5.52 Å². The molecule has 0 unspecified atom stereocenters. The molecule has 2 aromatic carbocycles. The van der Waals surface area contributed by atoms with E-state index >= 15 is 0 Å². The maximum atomic E-state index is 13.9. The van der Waals surface area contributed by atoms with Crippen LogP contribution in [0.3, 0.4) is 0 Å². The second-order valence-corrected chi connectivity index (χ2v) is 6.11. The lowest BCUT2D eigenvalue weighted by Gasteiger charge is -2.05. The number of nitrogens with one attached hydrogen (secondary N) is 2. The number of benzene rings is 2. The Bertz CT molecular complexity index is 1140. The van der Waals surface area contributed by atoms with Crippen molar-refractivity contribution in [3.05, 3.63) is 96.1 Å². The molecule has 0 atom stereocenters. The van der Waals surface area contributed by atoms with Crippen molar-refractivity contribution in [3.8, 4) is 0 Å². The summed E-state index contributed by atoms with van der Waals surface area (Å²) in [6.07, 6.45) is 1.55. The zero-order chi connectivity index (χ0) is 20.4. The SMILES string of the molecule is O=C(Nc1ccccc1F)c1nc(C(=O)Nc2ccccc2F)n2ccccc12. The van der Waals surface area contributed by atoms with Gasteiger partial charge < -0.3 is 10.6 Å². The highest BCUT2D eigenvalue weighted by Gasteiger charge is 2.22. The molecule has 0 bridgehead atoms. The molecule has 8 heteroatoms. The van der Waals surface area contributed by atoms with Crippen LogP contribution in [0.25, 0.3) is 5.52 Å². The van der Waals surface area contributed by atoms with Gasteiger partial charge in [-0.3, -0.25) is 14.0 Å². The highest BCUT2D eigenvalue weighted by atomic mass is 19.1. The smallest absolute Gasteiger partial charge is 0.292 e. The molecule has 2 N–H and O–H groups in total. The van der Waals surface area contributed by atoms with Gasteiger partial charge in [-0.15, -0.1) is 0 Å². The van der Waals surface area contributed by atoms with Crippen molar-refractivity contribution in [3.63, 3.8) is 0 Å². The van der Waals surface area contributed by atoms with Crippen molar-refractivity contribution in [2.45, 2.75) is 0 Å². The number of carbonyl (C=O) groups excluding carboxylic acids is 2. The van der Waals surface area contributed by atoms with Crippen molar-refractivity contribution >= 4 is 28.7 Å². The fraction of sp³-hybridized carbons (Fsp3) is 0. The molecule has 29 heavy (non-hydrogen) atoms. The Morgan fingerprint density at radius 1 is 0.759 bits per heavy atom. The zero-order valence-electron chi connectivity index (χ0n) is 14.9. The number of aromatic nitrogens is 2. The molecule has 0 spiro atoms. The van der Waals surface area contributed by atoms with Crippen molar-refractivity contribution in [1.82, 2.24) is 9.38 Å². The van der Waals surface area contributed by atoms with Gasteiger partial charge in [-0.05, 0) is 36.4 Å². The summed E-state index contributed by atoms with van der Waals surface area (Å²) in [5, 5.41) is 4.89. The van der Waals surface area contributed by atoms with Gasteiger partial charge in [0.2, 0.25) is 5.82 Å². The van der Waals surface area contributed by atoms with Crippen LogP contribution in [0, 0.1) is 11.6 Å². The van der Waals surface area contributed by atoms with Crippen molar-refractivity contribution in [1.29, 1.82) is 0 Å². The van der Waals surface area contributed by atoms with Crippen LogP contribution in [0.15, 0.2) is 72.9 Å². The summed E-state index contributed by atoms with van der Waals surface area (Å²) < 4.78 is 29.1. The Kier molecular flexibility index (Phi) is 4.74. The van der Waals surface area contributed by atoms with Gasteiger partial charge in [0.15, 0.2) is 5.69 Å². The summed E-state index contributed by atoms with van der Waals surface area (Å²) in [6, 6.07) is 16.4. The number of rotatable bonds is 4. The van der Waals surface area contributed by atoms with Gasteiger partial charge in [-0.2, -0.15) is 0 Å². The number of anilines is 2. The third-order valence-electron chi connectivity index (χ3n) is 4.21. The number of fused-ring (bicyclic) bond motifs is 1. The summed E-state index contributed by atoms with van der Waals surface area (Å²) in [6.45, 7) is 0. The number of para-hydroxylation sites is 2. The van der Waals surface area contributed by atoms with Gasteiger partial charge in [0, 0.05) is 6.20 Å². The third-order valence-corrected chi connectivity index (χ3v) is 4.21. The van der Waals surface area contributed by atoms with E-state index < -0.39 is 23.4 Å². The molecule has 0 radical (unpaired) electrons. The largest absolute Gasteiger partial charge is 0.318 e. The van der Waals surface area contributed by atoms with Crippen LogP contribution < -0.4 is 10.6 Å². The van der Waals surface area contributed by atoms with Gasteiger partial charge in [0.05, 0.1) is 16.9 Å². The maximum Gasteiger partial charge on any atom is 0.292 e. The number of nitrogens with zero attached hydrogens (tertiary/aromatic N) is 2. The second kappa shape index (κ2) is 7.51. The average molecular weight is 392 g/mol. The lowest BCUT2D eigenvalue weighted by Crippen LogP contribution is -2.17. The monoisotopic (exact) mass is 392 g/mol. The fourth-order valence-corrected chi connectivity index (χ4v) is 2.85. The van der Waals surface area contributed by atoms with E-state index in [4.69, 9.17) is 0 Å². The summed E-state index contributed by atoms with van der Waals surface area (Å²) in [5.74, 6) is -2.67. The van der Waals surface area contributed by atoms with Crippen molar-refractivity contribution in [2.24, 2.45) is 0 Å². The molecular formula is C21H14F2N4O2. The molecule has 144 valence electrons. The van der Waals surface area contributed by atoms with E-state index in [2.05, 4.69) is 15.6 Å². The standard InChI is InChI=1S/C21H14F2N4O2/c22-13-7-1-3-9-15(13)24-20(28)18-17-11-5-6-12-27(17)19(26-18)21(29)25-16-10-4-2-8-14(16)23/h1-12H,(H,24,28)(H,25,29). The van der Waals surface area contributed by atoms with Gasteiger partial charge in [-0.1, -0.05) is 30.3 Å². The van der Waals surface area contributed by atoms with Crippen LogP contribution in [0.5, 0.6) is 0 Å². The van der Waals surface area contributed by atoms with E-state index in [1.54, 1.807) is 36.5 Å². The number of pyridine rings is 1. The first kappa shape index (κ1) is 18.3.